The number of halogens is 6. The van der Waals surface area contributed by atoms with Gasteiger partial charge in [0.2, 0.25) is 5.82 Å². The zero-order valence-corrected chi connectivity index (χ0v) is 11.3. The van der Waals surface area contributed by atoms with E-state index >= 15 is 0 Å². The molecular weight excluding hydrogens is 355 g/mol. The first-order valence-electron chi connectivity index (χ1n) is 4.78. The first-order valence-corrected chi connectivity index (χ1v) is 6.28. The van der Waals surface area contributed by atoms with Crippen molar-refractivity contribution in [1.29, 1.82) is 0 Å². The Morgan fingerprint density at radius 1 is 1.26 bits per heavy atom. The average Bonchev–Trinajstić information content (AvgIpc) is 2.80. The third-order valence-electron chi connectivity index (χ3n) is 2.19. The van der Waals surface area contributed by atoms with Crippen LogP contribution in [0.5, 0.6) is 0 Å². The van der Waals surface area contributed by atoms with Crippen LogP contribution in [0.4, 0.5) is 17.6 Å². The minimum atomic E-state index is -3.87. The second-order valence-electron chi connectivity index (χ2n) is 3.48. The van der Waals surface area contributed by atoms with Crippen LogP contribution in [0.1, 0.15) is 11.5 Å². The molecule has 19 heavy (non-hydrogen) atoms. The molecule has 0 bridgehead atoms. The van der Waals surface area contributed by atoms with Crippen molar-refractivity contribution in [2.24, 2.45) is 0 Å². The number of nitrogens with zero attached hydrogens (tertiary/aromatic N) is 2. The van der Waals surface area contributed by atoms with Crippen molar-refractivity contribution in [3.8, 4) is 11.4 Å². The van der Waals surface area contributed by atoms with Crippen LogP contribution in [0.3, 0.4) is 0 Å². The molecule has 0 aliphatic heterocycles. The molecule has 0 fully saturated rings. The van der Waals surface area contributed by atoms with Crippen LogP contribution in [0.2, 0.25) is 0 Å². The van der Waals surface area contributed by atoms with E-state index in [9.17, 15) is 17.6 Å². The van der Waals surface area contributed by atoms with Crippen LogP contribution < -0.4 is 0 Å². The molecule has 9 heteroatoms. The minimum Gasteiger partial charge on any atom is -0.331 e. The lowest BCUT2D eigenvalue weighted by Gasteiger charge is -2.02. The van der Waals surface area contributed by atoms with E-state index in [1.807, 2.05) is 0 Å². The number of benzene rings is 1. The second-order valence-corrected chi connectivity index (χ2v) is 4.51. The number of hydrogen-bond donors (Lipinski definition) is 0. The summed E-state index contributed by atoms with van der Waals surface area (Å²) < 4.78 is 56.7. The maximum atomic E-state index is 13.7. The fourth-order valence-corrected chi connectivity index (χ4v) is 1.82. The molecule has 1 aromatic heterocycles. The van der Waals surface area contributed by atoms with E-state index in [2.05, 4.69) is 42.2 Å². The number of aromatic nitrogens is 2. The Bertz CT molecular complexity index is 614. The number of hydrogen-bond acceptors (Lipinski definition) is 3. The summed E-state index contributed by atoms with van der Waals surface area (Å²) in [4.78, 5) is 3.23. The number of alkyl halides is 4. The Balaban J connectivity index is 2.48. The van der Waals surface area contributed by atoms with Crippen molar-refractivity contribution in [3.63, 3.8) is 0 Å². The summed E-state index contributed by atoms with van der Waals surface area (Å²) in [5.74, 6) is -3.28. The predicted octanol–water partition coefficient (Wildman–Crippen LogP) is 4.20. The molecule has 0 atom stereocenters. The SMILES string of the molecule is Fc1cc(-c2noc(C(F)(F)Cl)n2)c(F)cc1CBr. The summed E-state index contributed by atoms with van der Waals surface area (Å²) in [6, 6.07) is 1.71. The molecule has 102 valence electrons. The second kappa shape index (κ2) is 5.09. The van der Waals surface area contributed by atoms with Crippen molar-refractivity contribution in [2.45, 2.75) is 10.7 Å². The molecule has 0 radical (unpaired) electrons. The van der Waals surface area contributed by atoms with E-state index < -0.39 is 34.3 Å². The zero-order valence-electron chi connectivity index (χ0n) is 8.93. The highest BCUT2D eigenvalue weighted by molar-refractivity contribution is 9.08. The Kier molecular flexibility index (Phi) is 3.82. The molecule has 1 heterocycles. The van der Waals surface area contributed by atoms with Crippen molar-refractivity contribution >= 4 is 27.5 Å². The predicted molar refractivity (Wildman–Crippen MR) is 62.0 cm³/mol. The monoisotopic (exact) mass is 358 g/mol. The number of rotatable bonds is 3. The molecule has 0 aliphatic carbocycles. The molecule has 0 saturated carbocycles. The summed E-state index contributed by atoms with van der Waals surface area (Å²) in [7, 11) is 0. The fourth-order valence-electron chi connectivity index (χ4n) is 1.31. The smallest absolute Gasteiger partial charge is 0.331 e. The van der Waals surface area contributed by atoms with Gasteiger partial charge in [0.15, 0.2) is 0 Å². The van der Waals surface area contributed by atoms with Gasteiger partial charge in [-0.3, -0.25) is 0 Å². The lowest BCUT2D eigenvalue weighted by molar-refractivity contribution is 0.0551. The van der Waals surface area contributed by atoms with Crippen LogP contribution in [-0.4, -0.2) is 10.1 Å². The Labute approximate surface area is 117 Å². The van der Waals surface area contributed by atoms with Gasteiger partial charge in [0.1, 0.15) is 11.6 Å². The van der Waals surface area contributed by atoms with E-state index in [0.29, 0.717) is 0 Å². The first kappa shape index (κ1) is 14.3. The van der Waals surface area contributed by atoms with Crippen LogP contribution in [0.15, 0.2) is 16.7 Å². The van der Waals surface area contributed by atoms with Crippen molar-refractivity contribution in [3.05, 3.63) is 35.2 Å². The van der Waals surface area contributed by atoms with Gasteiger partial charge in [-0.1, -0.05) is 21.1 Å². The molecule has 3 nitrogen and oxygen atoms in total. The highest BCUT2D eigenvalue weighted by atomic mass is 79.9. The lowest BCUT2D eigenvalue weighted by atomic mass is 10.1. The maximum Gasteiger partial charge on any atom is 0.400 e. The van der Waals surface area contributed by atoms with Gasteiger partial charge >= 0.3 is 11.3 Å². The fraction of sp³-hybridized carbons (Fsp3) is 0.200. The molecule has 0 aliphatic rings. The van der Waals surface area contributed by atoms with Gasteiger partial charge in [0.05, 0.1) is 5.56 Å². The van der Waals surface area contributed by atoms with E-state index in [0.717, 1.165) is 12.1 Å². The molecule has 0 N–H and O–H groups in total. The third kappa shape index (κ3) is 2.89. The van der Waals surface area contributed by atoms with E-state index in [1.165, 1.54) is 0 Å². The lowest BCUT2D eigenvalue weighted by Crippen LogP contribution is -2.03. The summed E-state index contributed by atoms with van der Waals surface area (Å²) in [6.07, 6.45) is 0. The van der Waals surface area contributed by atoms with Gasteiger partial charge in [-0.05, 0) is 23.7 Å². The van der Waals surface area contributed by atoms with Crippen molar-refractivity contribution < 1.29 is 22.1 Å². The third-order valence-corrected chi connectivity index (χ3v) is 2.96. The van der Waals surface area contributed by atoms with Crippen molar-refractivity contribution in [2.75, 3.05) is 0 Å². The van der Waals surface area contributed by atoms with Gasteiger partial charge < -0.3 is 4.52 Å². The Hall–Kier alpha value is -1.15. The summed E-state index contributed by atoms with van der Waals surface area (Å²) in [6.45, 7) is 0. The topological polar surface area (TPSA) is 38.9 Å². The zero-order chi connectivity index (χ0) is 14.2. The molecule has 2 aromatic rings. The van der Waals surface area contributed by atoms with E-state index in [-0.39, 0.29) is 10.9 Å². The summed E-state index contributed by atoms with van der Waals surface area (Å²) >= 11 is 7.65. The van der Waals surface area contributed by atoms with Crippen LogP contribution in [-0.2, 0) is 10.7 Å². The molecule has 0 spiro atoms. The summed E-state index contributed by atoms with van der Waals surface area (Å²) in [5, 5.41) is -0.619. The average molecular weight is 360 g/mol. The largest absolute Gasteiger partial charge is 0.400 e. The summed E-state index contributed by atoms with van der Waals surface area (Å²) in [5.41, 5.74) is -0.314. The normalized spacial score (nSPS) is 11.9. The minimum absolute atomic E-state index is 0.0765. The quantitative estimate of drug-likeness (QED) is 0.609. The molecule has 2 rings (SSSR count). The standard InChI is InChI=1S/C10H4BrClF4N2O/c11-3-4-1-7(14)5(2-6(4)13)8-17-9(19-18-8)10(12,15)16/h1-2H,3H2. The highest BCUT2D eigenvalue weighted by Crippen LogP contribution is 2.33. The molecular formula is C10H4BrClF4N2O. The van der Waals surface area contributed by atoms with Gasteiger partial charge in [0.25, 0.3) is 0 Å². The van der Waals surface area contributed by atoms with E-state index in [4.69, 9.17) is 0 Å². The van der Waals surface area contributed by atoms with Gasteiger partial charge in [-0.2, -0.15) is 13.8 Å². The van der Waals surface area contributed by atoms with Gasteiger partial charge in [0, 0.05) is 10.9 Å². The highest BCUT2D eigenvalue weighted by Gasteiger charge is 2.36. The van der Waals surface area contributed by atoms with Crippen LogP contribution >= 0.6 is 27.5 Å². The molecule has 1 aromatic carbocycles. The first-order chi connectivity index (χ1) is 8.82. The van der Waals surface area contributed by atoms with Crippen LogP contribution in [0.25, 0.3) is 11.4 Å². The van der Waals surface area contributed by atoms with E-state index in [1.54, 1.807) is 0 Å². The molecule has 0 amide bonds. The maximum absolute atomic E-state index is 13.7. The van der Waals surface area contributed by atoms with Gasteiger partial charge in [-0.25, -0.2) is 8.78 Å². The molecule has 0 saturated heterocycles. The van der Waals surface area contributed by atoms with Crippen LogP contribution in [0, 0.1) is 11.6 Å². The Morgan fingerprint density at radius 2 is 1.95 bits per heavy atom. The van der Waals surface area contributed by atoms with Gasteiger partial charge in [-0.15, -0.1) is 0 Å². The van der Waals surface area contributed by atoms with Crippen molar-refractivity contribution in [1.82, 2.24) is 10.1 Å². The molecule has 0 unspecified atom stereocenters. The Morgan fingerprint density at radius 3 is 2.47 bits per heavy atom.